The summed E-state index contributed by atoms with van der Waals surface area (Å²) < 4.78 is 0. The summed E-state index contributed by atoms with van der Waals surface area (Å²) in [6.45, 7) is 0.570. The highest BCUT2D eigenvalue weighted by Gasteiger charge is 1.96. The highest BCUT2D eigenvalue weighted by Crippen LogP contribution is 2.06. The predicted octanol–water partition coefficient (Wildman–Crippen LogP) is 1.65. The Morgan fingerprint density at radius 1 is 1.67 bits per heavy atom. The molecule has 4 heteroatoms. The van der Waals surface area contributed by atoms with Crippen LogP contribution in [0, 0.1) is 11.5 Å². The largest absolute Gasteiger partial charge is 0.309 e. The van der Waals surface area contributed by atoms with E-state index in [-0.39, 0.29) is 0 Å². The maximum Gasteiger partial charge on any atom is 0.179 e. The topological polar surface area (TPSA) is 39.9 Å². The molecular weight excluding hydrogens is 174 g/mol. The molecule has 0 unspecified atom stereocenters. The van der Waals surface area contributed by atoms with Crippen LogP contribution in [0.4, 0.5) is 0 Å². The molecule has 1 aromatic rings. The highest BCUT2D eigenvalue weighted by molar-refractivity contribution is 6.29. The van der Waals surface area contributed by atoms with Crippen LogP contribution in [0.15, 0.2) is 18.3 Å². The third-order valence-corrected chi connectivity index (χ3v) is 1.60. The van der Waals surface area contributed by atoms with Crippen molar-refractivity contribution in [2.24, 2.45) is 0 Å². The average Bonchev–Trinajstić information content (AvgIpc) is 2.09. The minimum atomic E-state index is 0.471. The van der Waals surface area contributed by atoms with Gasteiger partial charge in [-0.25, -0.2) is 4.98 Å². The van der Waals surface area contributed by atoms with Gasteiger partial charge in [0.25, 0.3) is 0 Å². The smallest absolute Gasteiger partial charge is 0.179 e. The summed E-state index contributed by atoms with van der Waals surface area (Å²) in [5.74, 6) is 0. The summed E-state index contributed by atoms with van der Waals surface area (Å²) in [6, 6.07) is 3.56. The molecule has 0 atom stereocenters. The van der Waals surface area contributed by atoms with Crippen molar-refractivity contribution in [3.63, 3.8) is 0 Å². The molecule has 12 heavy (non-hydrogen) atoms. The third kappa shape index (κ3) is 2.40. The Balaban J connectivity index is 2.66. The molecule has 62 valence electrons. The van der Waals surface area contributed by atoms with Crippen LogP contribution in [-0.2, 0) is 6.54 Å². The molecule has 1 rings (SSSR count). The lowest BCUT2D eigenvalue weighted by Gasteiger charge is -2.07. The molecule has 0 saturated heterocycles. The number of hydrogen-bond acceptors (Lipinski definition) is 3. The fraction of sp³-hybridized carbons (Fsp3) is 0.250. The van der Waals surface area contributed by atoms with Crippen LogP contribution in [-0.4, -0.2) is 16.9 Å². The van der Waals surface area contributed by atoms with Gasteiger partial charge in [0.1, 0.15) is 5.15 Å². The fourth-order valence-electron chi connectivity index (χ4n) is 0.809. The molecular formula is C8H8ClN3. The predicted molar refractivity (Wildman–Crippen MR) is 46.3 cm³/mol. The molecule has 0 amide bonds. The van der Waals surface area contributed by atoms with Crippen LogP contribution in [0.25, 0.3) is 0 Å². The average molecular weight is 182 g/mol. The second-order valence-corrected chi connectivity index (χ2v) is 2.83. The number of pyridine rings is 1. The van der Waals surface area contributed by atoms with Crippen molar-refractivity contribution in [2.45, 2.75) is 6.54 Å². The molecule has 0 aliphatic carbocycles. The zero-order valence-corrected chi connectivity index (χ0v) is 7.41. The molecule has 0 aliphatic rings. The Morgan fingerprint density at radius 3 is 2.92 bits per heavy atom. The lowest BCUT2D eigenvalue weighted by Crippen LogP contribution is -2.10. The van der Waals surface area contributed by atoms with Gasteiger partial charge in [-0.2, -0.15) is 5.26 Å². The van der Waals surface area contributed by atoms with Crippen molar-refractivity contribution >= 4 is 11.6 Å². The molecule has 0 fully saturated rings. The molecule has 0 aromatic carbocycles. The maximum atomic E-state index is 8.48. The molecule has 0 radical (unpaired) electrons. The van der Waals surface area contributed by atoms with Gasteiger partial charge >= 0.3 is 0 Å². The number of halogens is 1. The van der Waals surface area contributed by atoms with E-state index in [2.05, 4.69) is 4.98 Å². The lowest BCUT2D eigenvalue weighted by atomic mass is 10.3. The van der Waals surface area contributed by atoms with Gasteiger partial charge < -0.3 is 4.90 Å². The van der Waals surface area contributed by atoms with E-state index >= 15 is 0 Å². The van der Waals surface area contributed by atoms with E-state index in [0.29, 0.717) is 11.7 Å². The van der Waals surface area contributed by atoms with Crippen LogP contribution in [0.3, 0.4) is 0 Å². The van der Waals surface area contributed by atoms with Gasteiger partial charge in [0.05, 0.1) is 6.54 Å². The normalized spacial score (nSPS) is 9.08. The van der Waals surface area contributed by atoms with Crippen molar-refractivity contribution < 1.29 is 0 Å². The molecule has 0 N–H and O–H groups in total. The minimum absolute atomic E-state index is 0.471. The summed E-state index contributed by atoms with van der Waals surface area (Å²) >= 11 is 5.59. The van der Waals surface area contributed by atoms with E-state index in [1.165, 1.54) is 4.90 Å². The monoisotopic (exact) mass is 181 g/mol. The Morgan fingerprint density at radius 2 is 2.42 bits per heavy atom. The van der Waals surface area contributed by atoms with E-state index in [0.717, 1.165) is 5.56 Å². The first-order valence-electron chi connectivity index (χ1n) is 3.43. The van der Waals surface area contributed by atoms with Gasteiger partial charge in [0, 0.05) is 13.2 Å². The van der Waals surface area contributed by atoms with Gasteiger partial charge in [0.2, 0.25) is 0 Å². The Bertz CT molecular complexity index is 288. The second kappa shape index (κ2) is 3.93. The zero-order valence-electron chi connectivity index (χ0n) is 6.66. The summed E-state index contributed by atoms with van der Waals surface area (Å²) in [5, 5.41) is 8.95. The van der Waals surface area contributed by atoms with E-state index in [9.17, 15) is 0 Å². The van der Waals surface area contributed by atoms with Crippen LogP contribution in [0.2, 0.25) is 5.15 Å². The zero-order chi connectivity index (χ0) is 8.97. The molecule has 0 aliphatic heterocycles. The Labute approximate surface area is 76.2 Å². The molecule has 0 saturated carbocycles. The molecule has 0 bridgehead atoms. The first kappa shape index (κ1) is 8.82. The van der Waals surface area contributed by atoms with Crippen molar-refractivity contribution in [3.8, 4) is 6.19 Å². The van der Waals surface area contributed by atoms with Gasteiger partial charge in [-0.15, -0.1) is 0 Å². The van der Waals surface area contributed by atoms with Crippen LogP contribution < -0.4 is 0 Å². The van der Waals surface area contributed by atoms with E-state index in [4.69, 9.17) is 16.9 Å². The summed E-state index contributed by atoms with van der Waals surface area (Å²) in [4.78, 5) is 5.41. The number of rotatable bonds is 2. The molecule has 1 aromatic heterocycles. The fourth-order valence-corrected chi connectivity index (χ4v) is 0.921. The van der Waals surface area contributed by atoms with E-state index in [1.807, 2.05) is 12.3 Å². The molecule has 1 heterocycles. The number of hydrogen-bond donors (Lipinski definition) is 0. The number of nitrogens with zero attached hydrogens (tertiary/aromatic N) is 3. The van der Waals surface area contributed by atoms with Gasteiger partial charge in [0.15, 0.2) is 6.19 Å². The van der Waals surface area contributed by atoms with E-state index < -0.39 is 0 Å². The molecule has 3 nitrogen and oxygen atoms in total. The Hall–Kier alpha value is -1.27. The number of nitriles is 1. The van der Waals surface area contributed by atoms with Crippen molar-refractivity contribution in [1.29, 1.82) is 5.26 Å². The van der Waals surface area contributed by atoms with Crippen LogP contribution >= 0.6 is 11.6 Å². The number of aromatic nitrogens is 1. The SMILES string of the molecule is CN(C#N)Cc1ccc(Cl)nc1. The van der Waals surface area contributed by atoms with Crippen molar-refractivity contribution in [2.75, 3.05) is 7.05 Å². The maximum absolute atomic E-state index is 8.48. The second-order valence-electron chi connectivity index (χ2n) is 2.45. The minimum Gasteiger partial charge on any atom is -0.309 e. The summed E-state index contributed by atoms with van der Waals surface area (Å²) in [7, 11) is 1.72. The van der Waals surface area contributed by atoms with Gasteiger partial charge in [-0.1, -0.05) is 17.7 Å². The standard InChI is InChI=1S/C8H8ClN3/c1-12(6-10)5-7-2-3-8(9)11-4-7/h2-4H,5H2,1H3. The first-order valence-corrected chi connectivity index (χ1v) is 3.81. The van der Waals surface area contributed by atoms with Gasteiger partial charge in [-0.3, -0.25) is 0 Å². The highest BCUT2D eigenvalue weighted by atomic mass is 35.5. The third-order valence-electron chi connectivity index (χ3n) is 1.38. The lowest BCUT2D eigenvalue weighted by molar-refractivity contribution is 0.468. The Kier molecular flexibility index (Phi) is 2.89. The summed E-state index contributed by atoms with van der Waals surface area (Å²) in [5.41, 5.74) is 0.975. The first-order chi connectivity index (χ1) is 5.72. The molecule has 0 spiro atoms. The van der Waals surface area contributed by atoms with Crippen LogP contribution in [0.5, 0.6) is 0 Å². The summed E-state index contributed by atoms with van der Waals surface area (Å²) in [6.07, 6.45) is 3.66. The van der Waals surface area contributed by atoms with Crippen LogP contribution in [0.1, 0.15) is 5.56 Å². The van der Waals surface area contributed by atoms with Crippen molar-refractivity contribution in [3.05, 3.63) is 29.0 Å². The van der Waals surface area contributed by atoms with Gasteiger partial charge in [-0.05, 0) is 11.6 Å². The van der Waals surface area contributed by atoms with E-state index in [1.54, 1.807) is 19.3 Å². The quantitative estimate of drug-likeness (QED) is 0.396. The van der Waals surface area contributed by atoms with Crippen molar-refractivity contribution in [1.82, 2.24) is 9.88 Å².